The lowest BCUT2D eigenvalue weighted by Gasteiger charge is -2.35. The molecule has 1 aromatic heterocycles. The number of rotatable bonds is 6. The number of benzene rings is 1. The van der Waals surface area contributed by atoms with Crippen LogP contribution in [0, 0.1) is 0 Å². The Morgan fingerprint density at radius 2 is 1.78 bits per heavy atom. The molecule has 1 aliphatic heterocycles. The lowest BCUT2D eigenvalue weighted by atomic mass is 10.2. The molecule has 0 unspecified atom stereocenters. The Bertz CT molecular complexity index is 812. The van der Waals surface area contributed by atoms with Gasteiger partial charge in [-0.25, -0.2) is 4.79 Å². The third kappa shape index (κ3) is 5.00. The molecule has 1 N–H and O–H groups in total. The molecule has 1 amide bonds. The number of aromatic nitrogens is 2. The number of aryl methyl sites for hydroxylation is 1. The molecule has 1 aliphatic rings. The van der Waals surface area contributed by atoms with Gasteiger partial charge in [-0.05, 0) is 12.1 Å². The standard InChI is InChI=1S/C18H20Cl2N4O3/c19-15-2-1-3-16(20)14(15)12-22-6-8-23(9-7-22)17(25)4-5-24-11-13(10-21-24)18(26)27/h1-3,10-11H,4-9,12H2,(H,26,27). The monoisotopic (exact) mass is 410 g/mol. The van der Waals surface area contributed by atoms with E-state index in [1.165, 1.54) is 17.1 Å². The number of carbonyl (C=O) groups excluding carboxylic acids is 1. The summed E-state index contributed by atoms with van der Waals surface area (Å²) in [6.45, 7) is 3.80. The van der Waals surface area contributed by atoms with E-state index in [-0.39, 0.29) is 17.9 Å². The molecule has 0 atom stereocenters. The molecular formula is C18H20Cl2N4O3. The molecule has 3 rings (SSSR count). The van der Waals surface area contributed by atoms with Crippen LogP contribution >= 0.6 is 23.2 Å². The summed E-state index contributed by atoms with van der Waals surface area (Å²) < 4.78 is 1.48. The van der Waals surface area contributed by atoms with Crippen LogP contribution in [-0.2, 0) is 17.9 Å². The van der Waals surface area contributed by atoms with E-state index in [0.717, 1.165) is 18.7 Å². The fourth-order valence-corrected chi connectivity index (χ4v) is 3.54. The second kappa shape index (κ2) is 8.73. The molecule has 2 heterocycles. The summed E-state index contributed by atoms with van der Waals surface area (Å²) in [7, 11) is 0. The molecule has 1 fully saturated rings. The van der Waals surface area contributed by atoms with E-state index in [2.05, 4.69) is 10.00 Å². The van der Waals surface area contributed by atoms with Crippen LogP contribution in [0.15, 0.2) is 30.6 Å². The van der Waals surface area contributed by atoms with Gasteiger partial charge in [-0.1, -0.05) is 29.3 Å². The van der Waals surface area contributed by atoms with Gasteiger partial charge in [0, 0.05) is 67.5 Å². The smallest absolute Gasteiger partial charge is 0.338 e. The maximum absolute atomic E-state index is 12.4. The van der Waals surface area contributed by atoms with E-state index in [0.29, 0.717) is 36.2 Å². The number of nitrogens with zero attached hydrogens (tertiary/aromatic N) is 4. The van der Waals surface area contributed by atoms with Gasteiger partial charge in [0.1, 0.15) is 0 Å². The largest absolute Gasteiger partial charge is 0.478 e. The van der Waals surface area contributed by atoms with Crippen molar-refractivity contribution < 1.29 is 14.7 Å². The lowest BCUT2D eigenvalue weighted by molar-refractivity contribution is -0.133. The van der Waals surface area contributed by atoms with Gasteiger partial charge in [-0.15, -0.1) is 0 Å². The average molecular weight is 411 g/mol. The van der Waals surface area contributed by atoms with Crippen LogP contribution in [0.5, 0.6) is 0 Å². The molecule has 2 aromatic rings. The Balaban J connectivity index is 1.47. The first kappa shape index (κ1) is 19.7. The van der Waals surface area contributed by atoms with Crippen LogP contribution in [0.3, 0.4) is 0 Å². The van der Waals surface area contributed by atoms with Gasteiger partial charge < -0.3 is 10.0 Å². The number of carbonyl (C=O) groups is 2. The fraction of sp³-hybridized carbons (Fsp3) is 0.389. The van der Waals surface area contributed by atoms with E-state index in [4.69, 9.17) is 28.3 Å². The molecule has 27 heavy (non-hydrogen) atoms. The number of carboxylic acid groups (broad SMARTS) is 1. The second-order valence-corrected chi connectivity index (χ2v) is 7.22. The second-order valence-electron chi connectivity index (χ2n) is 6.40. The maximum Gasteiger partial charge on any atom is 0.338 e. The third-order valence-corrected chi connectivity index (χ3v) is 5.31. The Kier molecular flexibility index (Phi) is 6.36. The van der Waals surface area contributed by atoms with Crippen LogP contribution in [0.25, 0.3) is 0 Å². The van der Waals surface area contributed by atoms with Crippen molar-refractivity contribution in [2.75, 3.05) is 26.2 Å². The van der Waals surface area contributed by atoms with Gasteiger partial charge in [-0.2, -0.15) is 5.10 Å². The number of piperazine rings is 1. The van der Waals surface area contributed by atoms with Crippen LogP contribution < -0.4 is 0 Å². The highest BCUT2D eigenvalue weighted by molar-refractivity contribution is 6.35. The van der Waals surface area contributed by atoms with E-state index >= 15 is 0 Å². The van der Waals surface area contributed by atoms with Crippen molar-refractivity contribution in [1.29, 1.82) is 0 Å². The molecule has 0 bridgehead atoms. The highest BCUT2D eigenvalue weighted by Gasteiger charge is 2.22. The van der Waals surface area contributed by atoms with Crippen molar-refractivity contribution in [3.05, 3.63) is 51.8 Å². The Morgan fingerprint density at radius 1 is 1.11 bits per heavy atom. The predicted molar refractivity (Wildman–Crippen MR) is 102 cm³/mol. The highest BCUT2D eigenvalue weighted by atomic mass is 35.5. The first-order chi connectivity index (χ1) is 12.9. The Labute approximate surface area is 167 Å². The van der Waals surface area contributed by atoms with Crippen molar-refractivity contribution >= 4 is 35.1 Å². The maximum atomic E-state index is 12.4. The number of hydrogen-bond acceptors (Lipinski definition) is 4. The number of aromatic carboxylic acids is 1. The summed E-state index contributed by atoms with van der Waals surface area (Å²) in [5.41, 5.74) is 1.03. The SMILES string of the molecule is O=C(O)c1cnn(CCC(=O)N2CCN(Cc3c(Cl)cccc3Cl)CC2)c1. The highest BCUT2D eigenvalue weighted by Crippen LogP contribution is 2.26. The molecule has 7 nitrogen and oxygen atoms in total. The molecule has 144 valence electrons. The number of carboxylic acids is 1. The molecule has 1 saturated heterocycles. The van der Waals surface area contributed by atoms with Gasteiger partial charge in [-0.3, -0.25) is 14.4 Å². The first-order valence-electron chi connectivity index (χ1n) is 8.63. The van der Waals surface area contributed by atoms with Crippen molar-refractivity contribution in [3.63, 3.8) is 0 Å². The summed E-state index contributed by atoms with van der Waals surface area (Å²) in [6, 6.07) is 5.48. The molecule has 0 saturated carbocycles. The molecule has 0 spiro atoms. The Hall–Kier alpha value is -2.09. The minimum Gasteiger partial charge on any atom is -0.478 e. The lowest BCUT2D eigenvalue weighted by Crippen LogP contribution is -2.48. The predicted octanol–water partition coefficient (Wildman–Crippen LogP) is 2.62. The number of hydrogen-bond donors (Lipinski definition) is 1. The quantitative estimate of drug-likeness (QED) is 0.791. The number of amides is 1. The van der Waals surface area contributed by atoms with E-state index in [1.807, 2.05) is 23.1 Å². The summed E-state index contributed by atoms with van der Waals surface area (Å²) in [5.74, 6) is -0.986. The van der Waals surface area contributed by atoms with Crippen LogP contribution in [0.2, 0.25) is 10.0 Å². The molecule has 9 heteroatoms. The fourth-order valence-electron chi connectivity index (χ4n) is 3.03. The van der Waals surface area contributed by atoms with E-state index in [1.54, 1.807) is 0 Å². The van der Waals surface area contributed by atoms with Gasteiger partial charge >= 0.3 is 5.97 Å². The summed E-state index contributed by atoms with van der Waals surface area (Å²) in [5, 5.41) is 14.2. The van der Waals surface area contributed by atoms with Crippen LogP contribution in [0.1, 0.15) is 22.3 Å². The van der Waals surface area contributed by atoms with Gasteiger partial charge in [0.25, 0.3) is 0 Å². The third-order valence-electron chi connectivity index (χ3n) is 4.60. The van der Waals surface area contributed by atoms with Crippen molar-refractivity contribution in [2.45, 2.75) is 19.5 Å². The summed E-state index contributed by atoms with van der Waals surface area (Å²) in [6.07, 6.45) is 3.00. The zero-order valence-electron chi connectivity index (χ0n) is 14.6. The molecular weight excluding hydrogens is 391 g/mol. The first-order valence-corrected chi connectivity index (χ1v) is 9.38. The average Bonchev–Trinajstić information content (AvgIpc) is 3.13. The topological polar surface area (TPSA) is 78.7 Å². The van der Waals surface area contributed by atoms with Gasteiger partial charge in [0.05, 0.1) is 11.8 Å². The number of halogens is 2. The van der Waals surface area contributed by atoms with E-state index < -0.39 is 5.97 Å². The van der Waals surface area contributed by atoms with Crippen molar-refractivity contribution in [2.24, 2.45) is 0 Å². The molecule has 0 aliphatic carbocycles. The van der Waals surface area contributed by atoms with Crippen LogP contribution in [0.4, 0.5) is 0 Å². The van der Waals surface area contributed by atoms with Crippen molar-refractivity contribution in [1.82, 2.24) is 19.6 Å². The minimum absolute atomic E-state index is 0.0396. The van der Waals surface area contributed by atoms with Gasteiger partial charge in [0.15, 0.2) is 0 Å². The Morgan fingerprint density at radius 3 is 2.37 bits per heavy atom. The molecule has 0 radical (unpaired) electrons. The zero-order valence-corrected chi connectivity index (χ0v) is 16.2. The molecule has 1 aromatic carbocycles. The summed E-state index contributed by atoms with van der Waals surface area (Å²) in [4.78, 5) is 27.3. The van der Waals surface area contributed by atoms with E-state index in [9.17, 15) is 9.59 Å². The minimum atomic E-state index is -1.03. The normalized spacial score (nSPS) is 15.1. The summed E-state index contributed by atoms with van der Waals surface area (Å²) >= 11 is 12.5. The van der Waals surface area contributed by atoms with Crippen molar-refractivity contribution in [3.8, 4) is 0 Å². The van der Waals surface area contributed by atoms with Gasteiger partial charge in [0.2, 0.25) is 5.91 Å². The zero-order chi connectivity index (χ0) is 19.4. The van der Waals surface area contributed by atoms with Crippen LogP contribution in [-0.4, -0.2) is 62.7 Å².